The van der Waals surface area contributed by atoms with Gasteiger partial charge in [-0.15, -0.1) is 0 Å². The van der Waals surface area contributed by atoms with Gasteiger partial charge in [0.05, 0.1) is 25.4 Å². The average molecular weight is 1210 g/mol. The number of hydrogen-bond acceptors (Lipinski definition) is 5. The first-order valence-electron chi connectivity index (χ1n) is 40.0. The second-order valence-corrected chi connectivity index (χ2v) is 27.8. The van der Waals surface area contributed by atoms with Crippen molar-refractivity contribution in [3.05, 3.63) is 12.2 Å². The maximum atomic E-state index is 12.6. The van der Waals surface area contributed by atoms with Crippen LogP contribution >= 0.6 is 0 Å². The fraction of sp³-hybridized carbons (Fsp3) is 0.950. The largest absolute Gasteiger partial charge is 0.466 e. The van der Waals surface area contributed by atoms with E-state index < -0.39 is 12.1 Å². The molecule has 2 unspecified atom stereocenters. The number of ether oxygens (including phenoxy) is 1. The second kappa shape index (κ2) is 76.1. The van der Waals surface area contributed by atoms with E-state index in [-0.39, 0.29) is 18.5 Å². The Morgan fingerprint density at radius 2 is 0.535 bits per heavy atom. The molecular weight excluding hydrogens is 1050 g/mol. The summed E-state index contributed by atoms with van der Waals surface area (Å²) >= 11 is 0. The first kappa shape index (κ1) is 84.6. The summed E-state index contributed by atoms with van der Waals surface area (Å²) in [5.41, 5.74) is 0. The van der Waals surface area contributed by atoms with Gasteiger partial charge in [0.1, 0.15) is 0 Å². The van der Waals surface area contributed by atoms with Gasteiger partial charge in [0, 0.05) is 12.8 Å². The fourth-order valence-corrected chi connectivity index (χ4v) is 13.0. The monoisotopic (exact) mass is 1210 g/mol. The normalized spacial score (nSPS) is 12.5. The molecule has 0 bridgehead atoms. The zero-order valence-corrected chi connectivity index (χ0v) is 58.8. The van der Waals surface area contributed by atoms with Crippen LogP contribution in [-0.4, -0.2) is 47.4 Å². The molecule has 3 N–H and O–H groups in total. The number of carbonyl (C=O) groups is 2. The van der Waals surface area contributed by atoms with Gasteiger partial charge < -0.3 is 20.3 Å². The Bertz CT molecular complexity index is 1300. The Hall–Kier alpha value is -1.40. The molecule has 0 radical (unpaired) electrons. The van der Waals surface area contributed by atoms with Gasteiger partial charge in [-0.25, -0.2) is 0 Å². The summed E-state index contributed by atoms with van der Waals surface area (Å²) < 4.78 is 5.52. The predicted octanol–water partition coefficient (Wildman–Crippen LogP) is 26.3. The van der Waals surface area contributed by atoms with Crippen molar-refractivity contribution in [3.63, 3.8) is 0 Å². The topological polar surface area (TPSA) is 95.9 Å². The van der Waals surface area contributed by atoms with Crippen molar-refractivity contribution in [3.8, 4) is 0 Å². The molecule has 6 nitrogen and oxygen atoms in total. The minimum Gasteiger partial charge on any atom is -0.466 e. The van der Waals surface area contributed by atoms with Crippen LogP contribution in [0.5, 0.6) is 0 Å². The van der Waals surface area contributed by atoms with Gasteiger partial charge in [-0.1, -0.05) is 431 Å². The Morgan fingerprint density at radius 1 is 0.314 bits per heavy atom. The Kier molecular flexibility index (Phi) is 74.8. The summed E-state index contributed by atoms with van der Waals surface area (Å²) in [6.07, 6.45) is 96.2. The molecule has 0 spiro atoms. The number of unbranched alkanes of at least 4 members (excludes halogenated alkanes) is 65. The number of aliphatic hydroxyl groups excluding tert-OH is 2. The van der Waals surface area contributed by atoms with E-state index in [0.717, 1.165) is 38.5 Å². The minimum atomic E-state index is -0.844. The van der Waals surface area contributed by atoms with E-state index in [0.29, 0.717) is 19.4 Å². The van der Waals surface area contributed by atoms with Gasteiger partial charge in [-0.05, 0) is 32.1 Å². The molecule has 2 atom stereocenters. The highest BCUT2D eigenvalue weighted by Crippen LogP contribution is 2.20. The molecule has 0 fully saturated rings. The molecular formula is C80H157NO5. The number of carbonyl (C=O) groups excluding carboxylic acids is 2. The number of allylic oxidation sites excluding steroid dienone is 1. The first-order chi connectivity index (χ1) is 42.5. The van der Waals surface area contributed by atoms with Gasteiger partial charge in [-0.3, -0.25) is 9.59 Å². The third-order valence-electron chi connectivity index (χ3n) is 19.1. The van der Waals surface area contributed by atoms with E-state index >= 15 is 0 Å². The van der Waals surface area contributed by atoms with Crippen molar-refractivity contribution >= 4 is 11.9 Å². The fourth-order valence-electron chi connectivity index (χ4n) is 13.0. The Labute approximate surface area is 539 Å². The number of aliphatic hydroxyl groups is 2. The van der Waals surface area contributed by atoms with Crippen molar-refractivity contribution in [2.75, 3.05) is 13.2 Å². The quantitative estimate of drug-likeness (QED) is 0.0320. The maximum absolute atomic E-state index is 12.6. The molecule has 0 saturated carbocycles. The van der Waals surface area contributed by atoms with Crippen LogP contribution in [0.2, 0.25) is 0 Å². The van der Waals surface area contributed by atoms with Crippen LogP contribution in [0.15, 0.2) is 12.2 Å². The Balaban J connectivity index is 3.36. The van der Waals surface area contributed by atoms with Gasteiger partial charge in [0.2, 0.25) is 5.91 Å². The summed E-state index contributed by atoms with van der Waals surface area (Å²) in [6.45, 7) is 4.97. The molecule has 0 aromatic heterocycles. The van der Waals surface area contributed by atoms with Crippen molar-refractivity contribution in [2.24, 2.45) is 0 Å². The molecule has 1 amide bonds. The lowest BCUT2D eigenvalue weighted by atomic mass is 10.0. The van der Waals surface area contributed by atoms with Crippen molar-refractivity contribution in [1.82, 2.24) is 5.32 Å². The van der Waals surface area contributed by atoms with E-state index in [2.05, 4.69) is 19.2 Å². The molecule has 0 rings (SSSR count). The third kappa shape index (κ3) is 71.7. The van der Waals surface area contributed by atoms with Crippen LogP contribution in [0.25, 0.3) is 0 Å². The molecule has 86 heavy (non-hydrogen) atoms. The summed E-state index contributed by atoms with van der Waals surface area (Å²) in [5, 5.41) is 23.3. The summed E-state index contributed by atoms with van der Waals surface area (Å²) in [7, 11) is 0. The minimum absolute atomic E-state index is 0.0232. The van der Waals surface area contributed by atoms with Crippen molar-refractivity contribution < 1.29 is 24.5 Å². The third-order valence-corrected chi connectivity index (χ3v) is 19.1. The van der Waals surface area contributed by atoms with E-state index in [1.165, 1.54) is 398 Å². The number of nitrogens with one attached hydrogen (secondary N) is 1. The molecule has 0 aliphatic rings. The number of esters is 1. The van der Waals surface area contributed by atoms with Gasteiger partial charge in [-0.2, -0.15) is 0 Å². The number of hydrogen-bond donors (Lipinski definition) is 3. The first-order valence-corrected chi connectivity index (χ1v) is 40.0. The van der Waals surface area contributed by atoms with E-state index in [4.69, 9.17) is 4.74 Å². The Morgan fingerprint density at radius 3 is 0.791 bits per heavy atom. The second-order valence-electron chi connectivity index (χ2n) is 27.8. The lowest BCUT2D eigenvalue weighted by Gasteiger charge is -2.20. The SMILES string of the molecule is CCCCCCCCCCCCCCCCCCCCCCCC/C=C/C(O)C(CO)NC(=O)CCCCCCCCCCCCCCCCCCCCCCCCCCCCOC(=O)CCCCCCCCCCCCCCCCCCCCC. The smallest absolute Gasteiger partial charge is 0.305 e. The molecule has 0 aromatic carbocycles. The van der Waals surface area contributed by atoms with Crippen LogP contribution in [-0.2, 0) is 14.3 Å². The highest BCUT2D eigenvalue weighted by Gasteiger charge is 2.18. The maximum Gasteiger partial charge on any atom is 0.305 e. The number of rotatable bonds is 76. The predicted molar refractivity (Wildman–Crippen MR) is 380 cm³/mol. The zero-order valence-electron chi connectivity index (χ0n) is 58.8. The van der Waals surface area contributed by atoms with Gasteiger partial charge in [0.25, 0.3) is 0 Å². The molecule has 512 valence electrons. The molecule has 0 aliphatic carbocycles. The van der Waals surface area contributed by atoms with Crippen LogP contribution in [0, 0.1) is 0 Å². The lowest BCUT2D eigenvalue weighted by Crippen LogP contribution is -2.45. The van der Waals surface area contributed by atoms with Crippen LogP contribution in [0.1, 0.15) is 463 Å². The van der Waals surface area contributed by atoms with Crippen LogP contribution < -0.4 is 5.32 Å². The molecule has 0 aliphatic heterocycles. The van der Waals surface area contributed by atoms with Gasteiger partial charge >= 0.3 is 5.97 Å². The molecule has 0 heterocycles. The van der Waals surface area contributed by atoms with Crippen LogP contribution in [0.3, 0.4) is 0 Å². The molecule has 0 saturated heterocycles. The standard InChI is InChI=1S/C80H157NO5/c1-3-5-7-9-11-13-15-17-19-21-23-24-25-30-33-37-40-44-48-52-56-60-64-68-72-78(83)77(76-82)81-79(84)73-69-65-61-57-53-49-45-41-38-34-31-28-26-27-29-32-35-39-43-47-51-55-59-63-67-71-75-86-80(85)74-70-66-62-58-54-50-46-42-36-22-20-18-16-14-12-10-8-6-4-2/h68,72,77-78,82-83H,3-67,69-71,73-76H2,1-2H3,(H,81,84)/b72-68+. The van der Waals surface area contributed by atoms with Crippen molar-refractivity contribution in [1.29, 1.82) is 0 Å². The van der Waals surface area contributed by atoms with Crippen LogP contribution in [0.4, 0.5) is 0 Å². The summed E-state index contributed by atoms with van der Waals surface area (Å²) in [4.78, 5) is 24.7. The molecule has 6 heteroatoms. The summed E-state index contributed by atoms with van der Waals surface area (Å²) in [5.74, 6) is -0.0367. The molecule has 0 aromatic rings. The van der Waals surface area contributed by atoms with Gasteiger partial charge in [0.15, 0.2) is 0 Å². The van der Waals surface area contributed by atoms with E-state index in [1.807, 2.05) is 6.08 Å². The number of amides is 1. The lowest BCUT2D eigenvalue weighted by molar-refractivity contribution is -0.143. The highest BCUT2D eigenvalue weighted by molar-refractivity contribution is 5.76. The van der Waals surface area contributed by atoms with Crippen molar-refractivity contribution in [2.45, 2.75) is 475 Å². The average Bonchev–Trinajstić information content (AvgIpc) is 3.53. The van der Waals surface area contributed by atoms with E-state index in [1.54, 1.807) is 6.08 Å². The zero-order chi connectivity index (χ0) is 62.0. The summed E-state index contributed by atoms with van der Waals surface area (Å²) in [6, 6.07) is -0.627. The van der Waals surface area contributed by atoms with E-state index in [9.17, 15) is 19.8 Å². The highest BCUT2D eigenvalue weighted by atomic mass is 16.5.